The van der Waals surface area contributed by atoms with E-state index in [4.69, 9.17) is 0 Å². The highest BCUT2D eigenvalue weighted by atomic mass is 79.9. The fraction of sp³-hybridized carbons (Fsp3) is 0.818. The highest BCUT2D eigenvalue weighted by Gasteiger charge is 2.24. The van der Waals surface area contributed by atoms with Crippen LogP contribution >= 0.6 is 15.9 Å². The van der Waals surface area contributed by atoms with Crippen molar-refractivity contribution in [1.29, 1.82) is 0 Å². The molecule has 0 amide bonds. The average molecular weight is 287 g/mol. The molecule has 0 spiro atoms. The van der Waals surface area contributed by atoms with Gasteiger partial charge in [0.2, 0.25) is 0 Å². The molecule has 1 unspecified atom stereocenters. The second-order valence-corrected chi connectivity index (χ2v) is 5.37. The van der Waals surface area contributed by atoms with Crippen molar-refractivity contribution in [3.05, 3.63) is 10.3 Å². The van der Waals surface area contributed by atoms with Gasteiger partial charge in [-0.15, -0.1) is 5.10 Å². The van der Waals surface area contributed by atoms with Gasteiger partial charge in [0.25, 0.3) is 0 Å². The van der Waals surface area contributed by atoms with Crippen LogP contribution in [0.4, 0.5) is 0 Å². The summed E-state index contributed by atoms with van der Waals surface area (Å²) in [5.74, 6) is 0.860. The third-order valence-electron chi connectivity index (χ3n) is 3.55. The molecule has 1 aromatic heterocycles. The van der Waals surface area contributed by atoms with Crippen molar-refractivity contribution < 1.29 is 0 Å². The van der Waals surface area contributed by atoms with Gasteiger partial charge in [0.1, 0.15) is 0 Å². The molecule has 1 aliphatic rings. The SMILES string of the molecule is CNC(CC1CCCC1)c1c(Br)nnn1C. The molecule has 2 rings (SSSR count). The lowest BCUT2D eigenvalue weighted by molar-refractivity contribution is 0.397. The molecule has 1 aliphatic carbocycles. The standard InChI is InChI=1S/C11H19BrN4/c1-13-9(7-8-5-3-4-6-8)10-11(12)14-15-16(10)2/h8-9,13H,3-7H2,1-2H3. The lowest BCUT2D eigenvalue weighted by Gasteiger charge is -2.20. The highest BCUT2D eigenvalue weighted by Crippen LogP contribution is 2.34. The van der Waals surface area contributed by atoms with Crippen LogP contribution in [0.2, 0.25) is 0 Å². The number of rotatable bonds is 4. The van der Waals surface area contributed by atoms with Crippen LogP contribution in [0.5, 0.6) is 0 Å². The molecule has 4 nitrogen and oxygen atoms in total. The summed E-state index contributed by atoms with van der Waals surface area (Å²) < 4.78 is 2.73. The van der Waals surface area contributed by atoms with Crippen molar-refractivity contribution in [3.63, 3.8) is 0 Å². The molecule has 5 heteroatoms. The summed E-state index contributed by atoms with van der Waals surface area (Å²) in [6.07, 6.45) is 6.73. The Kier molecular flexibility index (Phi) is 3.97. The zero-order valence-corrected chi connectivity index (χ0v) is 11.5. The summed E-state index contributed by atoms with van der Waals surface area (Å²) in [5.41, 5.74) is 1.16. The zero-order chi connectivity index (χ0) is 11.5. The van der Waals surface area contributed by atoms with E-state index in [0.717, 1.165) is 16.2 Å². The van der Waals surface area contributed by atoms with Gasteiger partial charge in [-0.1, -0.05) is 30.9 Å². The van der Waals surface area contributed by atoms with Gasteiger partial charge in [0.15, 0.2) is 4.60 Å². The highest BCUT2D eigenvalue weighted by molar-refractivity contribution is 9.10. The van der Waals surface area contributed by atoms with Crippen molar-refractivity contribution >= 4 is 15.9 Å². The molecule has 16 heavy (non-hydrogen) atoms. The van der Waals surface area contributed by atoms with Crippen molar-refractivity contribution in [2.75, 3.05) is 7.05 Å². The molecule has 90 valence electrons. The van der Waals surface area contributed by atoms with Crippen molar-refractivity contribution in [2.24, 2.45) is 13.0 Å². The van der Waals surface area contributed by atoms with Gasteiger partial charge in [0.05, 0.1) is 11.7 Å². The molecule has 1 aromatic rings. The summed E-state index contributed by atoms with van der Waals surface area (Å²) in [4.78, 5) is 0. The van der Waals surface area contributed by atoms with Crippen LogP contribution in [0.25, 0.3) is 0 Å². The molecular formula is C11H19BrN4. The Morgan fingerprint density at radius 3 is 2.69 bits per heavy atom. The largest absolute Gasteiger partial charge is 0.312 e. The minimum absolute atomic E-state index is 0.359. The van der Waals surface area contributed by atoms with Crippen LogP contribution in [0, 0.1) is 5.92 Å². The third-order valence-corrected chi connectivity index (χ3v) is 4.11. The van der Waals surface area contributed by atoms with Crippen LogP contribution in [0.1, 0.15) is 43.8 Å². The van der Waals surface area contributed by atoms with Gasteiger partial charge >= 0.3 is 0 Å². The number of aryl methyl sites for hydroxylation is 1. The smallest absolute Gasteiger partial charge is 0.153 e. The average Bonchev–Trinajstić information content (AvgIpc) is 2.87. The minimum Gasteiger partial charge on any atom is -0.312 e. The lowest BCUT2D eigenvalue weighted by atomic mass is 9.97. The predicted octanol–water partition coefficient (Wildman–Crippen LogP) is 2.42. The monoisotopic (exact) mass is 286 g/mol. The molecular weight excluding hydrogens is 268 g/mol. The molecule has 0 aromatic carbocycles. The zero-order valence-electron chi connectivity index (χ0n) is 9.91. The minimum atomic E-state index is 0.359. The maximum absolute atomic E-state index is 4.05. The van der Waals surface area contributed by atoms with E-state index in [-0.39, 0.29) is 0 Å². The summed E-state index contributed by atoms with van der Waals surface area (Å²) in [5, 5.41) is 11.5. The van der Waals surface area contributed by atoms with Crippen LogP contribution in [-0.2, 0) is 7.05 Å². The van der Waals surface area contributed by atoms with Crippen molar-refractivity contribution in [1.82, 2.24) is 20.3 Å². The molecule has 1 heterocycles. The Morgan fingerprint density at radius 2 is 2.19 bits per heavy atom. The second kappa shape index (κ2) is 5.27. The van der Waals surface area contributed by atoms with E-state index in [1.54, 1.807) is 0 Å². The van der Waals surface area contributed by atoms with Gasteiger partial charge < -0.3 is 5.32 Å². The number of halogens is 1. The summed E-state index contributed by atoms with van der Waals surface area (Å²) in [6, 6.07) is 0.359. The predicted molar refractivity (Wildman–Crippen MR) is 67.1 cm³/mol. The normalized spacial score (nSPS) is 19.2. The molecule has 0 radical (unpaired) electrons. The van der Waals surface area contributed by atoms with E-state index in [1.165, 1.54) is 32.1 Å². The third kappa shape index (κ3) is 2.46. The summed E-state index contributed by atoms with van der Waals surface area (Å²) >= 11 is 3.47. The second-order valence-electron chi connectivity index (χ2n) is 4.62. The van der Waals surface area contributed by atoms with E-state index in [9.17, 15) is 0 Å². The van der Waals surface area contributed by atoms with Gasteiger partial charge in [-0.2, -0.15) is 0 Å². The van der Waals surface area contributed by atoms with E-state index in [2.05, 4.69) is 31.6 Å². The first-order valence-corrected chi connectivity index (χ1v) is 6.74. The maximum Gasteiger partial charge on any atom is 0.153 e. The summed E-state index contributed by atoms with van der Waals surface area (Å²) in [7, 11) is 3.96. The van der Waals surface area contributed by atoms with E-state index >= 15 is 0 Å². The number of hydrogen-bond acceptors (Lipinski definition) is 3. The molecule has 1 N–H and O–H groups in total. The topological polar surface area (TPSA) is 42.7 Å². The van der Waals surface area contributed by atoms with Gasteiger partial charge in [-0.3, -0.25) is 0 Å². The van der Waals surface area contributed by atoms with Crippen LogP contribution in [0.15, 0.2) is 4.60 Å². The molecule has 1 atom stereocenters. The van der Waals surface area contributed by atoms with Crippen molar-refractivity contribution in [3.8, 4) is 0 Å². The Morgan fingerprint density at radius 1 is 1.50 bits per heavy atom. The van der Waals surface area contributed by atoms with Gasteiger partial charge in [-0.05, 0) is 35.3 Å². The first kappa shape index (κ1) is 12.0. The number of hydrogen-bond donors (Lipinski definition) is 1. The lowest BCUT2D eigenvalue weighted by Crippen LogP contribution is -2.22. The Balaban J connectivity index is 2.09. The first-order chi connectivity index (χ1) is 7.72. The fourth-order valence-corrected chi connectivity index (χ4v) is 3.26. The molecule has 0 aliphatic heterocycles. The quantitative estimate of drug-likeness (QED) is 0.924. The molecule has 1 fully saturated rings. The number of nitrogens with one attached hydrogen (secondary N) is 1. The molecule has 0 saturated heterocycles. The van der Waals surface area contributed by atoms with Crippen LogP contribution in [0.3, 0.4) is 0 Å². The summed E-state index contributed by atoms with van der Waals surface area (Å²) in [6.45, 7) is 0. The molecule has 0 bridgehead atoms. The maximum atomic E-state index is 4.05. The fourth-order valence-electron chi connectivity index (χ4n) is 2.65. The Bertz CT molecular complexity index is 324. The first-order valence-electron chi connectivity index (χ1n) is 5.94. The van der Waals surface area contributed by atoms with Crippen LogP contribution in [-0.4, -0.2) is 22.0 Å². The van der Waals surface area contributed by atoms with Crippen molar-refractivity contribution in [2.45, 2.75) is 38.1 Å². The van der Waals surface area contributed by atoms with Crippen LogP contribution < -0.4 is 5.32 Å². The number of nitrogens with zero attached hydrogens (tertiary/aromatic N) is 3. The van der Waals surface area contributed by atoms with E-state index < -0.39 is 0 Å². The molecule has 1 saturated carbocycles. The Labute approximate surface area is 105 Å². The van der Waals surface area contributed by atoms with E-state index in [0.29, 0.717) is 6.04 Å². The van der Waals surface area contributed by atoms with Gasteiger partial charge in [0, 0.05) is 7.05 Å². The number of aromatic nitrogens is 3. The Hall–Kier alpha value is -0.420. The van der Waals surface area contributed by atoms with Gasteiger partial charge in [-0.25, -0.2) is 4.68 Å². The van der Waals surface area contributed by atoms with E-state index in [1.807, 2.05) is 18.8 Å².